The first-order chi connectivity index (χ1) is 17.1. The molecule has 6 heteroatoms. The third-order valence-corrected chi connectivity index (χ3v) is 7.32. The molecular weight excluding hydrogens is 440 g/mol. The number of β-amino-alcohol motifs (C(OH)–C–C–N with tert-alkyl or cyclic N) is 1. The van der Waals surface area contributed by atoms with Gasteiger partial charge in [-0.05, 0) is 25.7 Å². The van der Waals surface area contributed by atoms with Gasteiger partial charge in [-0.25, -0.2) is 0 Å². The lowest BCUT2D eigenvalue weighted by Crippen LogP contribution is -2.37. The molecule has 0 aliphatic carbocycles. The molecule has 0 bridgehead atoms. The molecular formula is C29H56N2O4. The van der Waals surface area contributed by atoms with E-state index in [1.54, 1.807) is 4.90 Å². The fraction of sp³-hybridized carbons (Fsp3) is 0.931. The molecule has 0 saturated carbocycles. The number of likely N-dealkylation sites (tertiary alicyclic amines) is 1. The van der Waals surface area contributed by atoms with Crippen molar-refractivity contribution in [3.8, 4) is 0 Å². The van der Waals surface area contributed by atoms with E-state index in [0.717, 1.165) is 32.1 Å². The SMILES string of the molecule is CCCCCCCCCCCCCCCCCC(=O)NCCCCCC(=O)N1C[C@H](O)C[C@H]1CO. The maximum absolute atomic E-state index is 12.3. The first-order valence-corrected chi connectivity index (χ1v) is 14.9. The number of nitrogens with one attached hydrogen (secondary N) is 1. The van der Waals surface area contributed by atoms with Crippen LogP contribution < -0.4 is 5.32 Å². The van der Waals surface area contributed by atoms with Gasteiger partial charge >= 0.3 is 0 Å². The predicted octanol–water partition coefficient (Wildman–Crippen LogP) is 5.88. The van der Waals surface area contributed by atoms with Gasteiger partial charge in [0, 0.05) is 25.9 Å². The highest BCUT2D eigenvalue weighted by Gasteiger charge is 2.33. The molecule has 0 radical (unpaired) electrons. The molecule has 3 N–H and O–H groups in total. The van der Waals surface area contributed by atoms with Gasteiger partial charge < -0.3 is 20.4 Å². The number of carbonyl (C=O) groups excluding carboxylic acids is 2. The molecule has 2 amide bonds. The Labute approximate surface area is 215 Å². The second kappa shape index (κ2) is 22.1. The summed E-state index contributed by atoms with van der Waals surface area (Å²) in [5, 5.41) is 22.0. The quantitative estimate of drug-likeness (QED) is 0.154. The Morgan fingerprint density at radius 1 is 0.743 bits per heavy atom. The van der Waals surface area contributed by atoms with Crippen molar-refractivity contribution in [3.63, 3.8) is 0 Å². The first-order valence-electron chi connectivity index (χ1n) is 14.9. The van der Waals surface area contributed by atoms with Crippen LogP contribution in [-0.4, -0.2) is 58.8 Å². The van der Waals surface area contributed by atoms with Crippen LogP contribution in [0.2, 0.25) is 0 Å². The fourth-order valence-corrected chi connectivity index (χ4v) is 5.07. The zero-order valence-electron chi connectivity index (χ0n) is 22.8. The van der Waals surface area contributed by atoms with Crippen molar-refractivity contribution in [3.05, 3.63) is 0 Å². The maximum atomic E-state index is 12.3. The van der Waals surface area contributed by atoms with E-state index in [4.69, 9.17) is 0 Å². The van der Waals surface area contributed by atoms with Gasteiger partial charge in [-0.2, -0.15) is 0 Å². The van der Waals surface area contributed by atoms with E-state index in [1.807, 2.05) is 0 Å². The molecule has 206 valence electrons. The summed E-state index contributed by atoms with van der Waals surface area (Å²) in [6.07, 6.45) is 23.5. The zero-order valence-corrected chi connectivity index (χ0v) is 22.8. The van der Waals surface area contributed by atoms with Crippen molar-refractivity contribution >= 4 is 11.8 Å². The van der Waals surface area contributed by atoms with Crippen LogP contribution in [-0.2, 0) is 9.59 Å². The molecule has 0 aromatic rings. The van der Waals surface area contributed by atoms with Crippen molar-refractivity contribution in [1.82, 2.24) is 10.2 Å². The lowest BCUT2D eigenvalue weighted by molar-refractivity contribution is -0.133. The van der Waals surface area contributed by atoms with Crippen molar-refractivity contribution < 1.29 is 19.8 Å². The Bertz CT molecular complexity index is 529. The van der Waals surface area contributed by atoms with E-state index in [-0.39, 0.29) is 24.5 Å². The molecule has 1 aliphatic heterocycles. The minimum Gasteiger partial charge on any atom is -0.394 e. The lowest BCUT2D eigenvalue weighted by atomic mass is 10.0. The third kappa shape index (κ3) is 17.0. The second-order valence-electron chi connectivity index (χ2n) is 10.6. The molecule has 0 aromatic carbocycles. The summed E-state index contributed by atoms with van der Waals surface area (Å²) < 4.78 is 0. The number of amides is 2. The Morgan fingerprint density at radius 3 is 1.77 bits per heavy atom. The maximum Gasteiger partial charge on any atom is 0.222 e. The van der Waals surface area contributed by atoms with Crippen LogP contribution in [0.15, 0.2) is 0 Å². The highest BCUT2D eigenvalue weighted by Crippen LogP contribution is 2.19. The van der Waals surface area contributed by atoms with Gasteiger partial charge in [0.05, 0.1) is 18.8 Å². The summed E-state index contributed by atoms with van der Waals surface area (Å²) in [4.78, 5) is 25.8. The topological polar surface area (TPSA) is 89.9 Å². The van der Waals surface area contributed by atoms with Gasteiger partial charge in [0.15, 0.2) is 0 Å². The smallest absolute Gasteiger partial charge is 0.222 e. The molecule has 2 atom stereocenters. The predicted molar refractivity (Wildman–Crippen MR) is 144 cm³/mol. The van der Waals surface area contributed by atoms with Crippen LogP contribution in [0.5, 0.6) is 0 Å². The van der Waals surface area contributed by atoms with Gasteiger partial charge in [-0.15, -0.1) is 0 Å². The summed E-state index contributed by atoms with van der Waals surface area (Å²) in [5.41, 5.74) is 0. The van der Waals surface area contributed by atoms with Crippen LogP contribution in [0.1, 0.15) is 142 Å². The van der Waals surface area contributed by atoms with Gasteiger partial charge in [-0.1, -0.05) is 103 Å². The Balaban J connectivity index is 1.81. The number of carbonyl (C=O) groups is 2. The lowest BCUT2D eigenvalue weighted by Gasteiger charge is -2.22. The number of rotatable bonds is 23. The number of aliphatic hydroxyl groups excluding tert-OH is 2. The van der Waals surface area contributed by atoms with Crippen molar-refractivity contribution in [2.45, 2.75) is 154 Å². The molecule has 1 heterocycles. The number of nitrogens with zero attached hydrogens (tertiary/aromatic N) is 1. The normalized spacial score (nSPS) is 17.7. The number of hydrogen-bond acceptors (Lipinski definition) is 4. The van der Waals surface area contributed by atoms with Crippen LogP contribution in [0, 0.1) is 0 Å². The van der Waals surface area contributed by atoms with Gasteiger partial charge in [0.2, 0.25) is 11.8 Å². The molecule has 1 aliphatic rings. The fourth-order valence-electron chi connectivity index (χ4n) is 5.07. The van der Waals surface area contributed by atoms with Gasteiger partial charge in [0.1, 0.15) is 0 Å². The molecule has 0 aromatic heterocycles. The Kier molecular flexibility index (Phi) is 20.1. The summed E-state index contributed by atoms with van der Waals surface area (Å²) >= 11 is 0. The largest absolute Gasteiger partial charge is 0.394 e. The number of unbranched alkanes of at least 4 members (excludes halogenated alkanes) is 16. The zero-order chi connectivity index (χ0) is 25.6. The summed E-state index contributed by atoms with van der Waals surface area (Å²) in [7, 11) is 0. The molecule has 0 unspecified atom stereocenters. The third-order valence-electron chi connectivity index (χ3n) is 7.32. The average molecular weight is 497 g/mol. The molecule has 0 spiro atoms. The van der Waals surface area contributed by atoms with Crippen molar-refractivity contribution in [1.29, 1.82) is 0 Å². The van der Waals surface area contributed by atoms with Crippen LogP contribution in [0.3, 0.4) is 0 Å². The highest BCUT2D eigenvalue weighted by atomic mass is 16.3. The Morgan fingerprint density at radius 2 is 1.23 bits per heavy atom. The minimum absolute atomic E-state index is 0.0119. The second-order valence-corrected chi connectivity index (χ2v) is 10.6. The standard InChI is InChI=1S/C29H56N2O4/c1-2-3-4-5-6-7-8-9-10-11-12-13-14-15-17-20-28(34)30-22-19-16-18-21-29(35)31-24-27(33)23-26(31)25-32/h26-27,32-33H,2-25H2,1H3,(H,30,34)/t26-,27+/m0/s1. The number of aliphatic hydroxyl groups is 2. The average Bonchev–Trinajstić information content (AvgIpc) is 3.24. The summed E-state index contributed by atoms with van der Waals surface area (Å²) in [6, 6.07) is -0.239. The molecule has 1 rings (SSSR count). The van der Waals surface area contributed by atoms with E-state index < -0.39 is 6.10 Å². The van der Waals surface area contributed by atoms with Gasteiger partial charge in [0.25, 0.3) is 0 Å². The minimum atomic E-state index is -0.518. The van der Waals surface area contributed by atoms with E-state index in [2.05, 4.69) is 12.2 Å². The molecule has 1 saturated heterocycles. The van der Waals surface area contributed by atoms with Crippen LogP contribution >= 0.6 is 0 Å². The number of hydrogen-bond donors (Lipinski definition) is 3. The van der Waals surface area contributed by atoms with Gasteiger partial charge in [-0.3, -0.25) is 9.59 Å². The van der Waals surface area contributed by atoms with Crippen LogP contribution in [0.4, 0.5) is 0 Å². The van der Waals surface area contributed by atoms with E-state index in [1.165, 1.54) is 83.5 Å². The Hall–Kier alpha value is -1.14. The van der Waals surface area contributed by atoms with E-state index in [9.17, 15) is 19.8 Å². The summed E-state index contributed by atoms with van der Waals surface area (Å²) in [5.74, 6) is 0.158. The molecule has 35 heavy (non-hydrogen) atoms. The highest BCUT2D eigenvalue weighted by molar-refractivity contribution is 5.77. The van der Waals surface area contributed by atoms with E-state index in [0.29, 0.717) is 32.4 Å². The summed E-state index contributed by atoms with van der Waals surface area (Å²) in [6.45, 7) is 3.19. The van der Waals surface area contributed by atoms with Crippen molar-refractivity contribution in [2.75, 3.05) is 19.7 Å². The van der Waals surface area contributed by atoms with Crippen molar-refractivity contribution in [2.24, 2.45) is 0 Å². The van der Waals surface area contributed by atoms with E-state index >= 15 is 0 Å². The molecule has 1 fully saturated rings. The first kappa shape index (κ1) is 31.9. The van der Waals surface area contributed by atoms with Crippen LogP contribution in [0.25, 0.3) is 0 Å². The monoisotopic (exact) mass is 496 g/mol. The molecule has 6 nitrogen and oxygen atoms in total.